The zero-order chi connectivity index (χ0) is 12.0. The van der Waals surface area contributed by atoms with Crippen LogP contribution in [-0.4, -0.2) is 19.5 Å². The molecule has 2 nitrogen and oxygen atoms in total. The summed E-state index contributed by atoms with van der Waals surface area (Å²) in [6.45, 7) is 7.24. The fourth-order valence-corrected chi connectivity index (χ4v) is 1.70. The minimum atomic E-state index is -0.172. The molecule has 90 valence electrons. The van der Waals surface area contributed by atoms with E-state index in [1.807, 2.05) is 32.9 Å². The molecule has 0 saturated heterocycles. The Morgan fingerprint density at radius 1 is 1.19 bits per heavy atom. The summed E-state index contributed by atoms with van der Waals surface area (Å²) < 4.78 is 11.0. The Morgan fingerprint density at radius 2 is 1.81 bits per heavy atom. The van der Waals surface area contributed by atoms with Gasteiger partial charge in [-0.1, -0.05) is 23.7 Å². The molecule has 0 amide bonds. The van der Waals surface area contributed by atoms with Gasteiger partial charge in [0, 0.05) is 24.7 Å². The second-order valence-corrected chi connectivity index (χ2v) is 4.04. The van der Waals surface area contributed by atoms with E-state index in [0.717, 1.165) is 22.6 Å². The summed E-state index contributed by atoms with van der Waals surface area (Å²) in [6, 6.07) is 6.06. The highest BCUT2D eigenvalue weighted by Crippen LogP contribution is 2.18. The molecule has 1 aromatic carbocycles. The predicted octanol–water partition coefficient (Wildman–Crippen LogP) is 3.59. The Morgan fingerprint density at radius 3 is 2.31 bits per heavy atom. The smallest absolute Gasteiger partial charge is 0.161 e. The Hall–Kier alpha value is -0.570. The first kappa shape index (κ1) is 13.5. The van der Waals surface area contributed by atoms with Crippen LogP contribution in [0.15, 0.2) is 18.2 Å². The van der Waals surface area contributed by atoms with Crippen molar-refractivity contribution >= 4 is 11.6 Å². The second-order valence-electron chi connectivity index (χ2n) is 3.63. The van der Waals surface area contributed by atoms with Gasteiger partial charge in [0.25, 0.3) is 0 Å². The number of hydrogen-bond acceptors (Lipinski definition) is 2. The van der Waals surface area contributed by atoms with Crippen LogP contribution < -0.4 is 0 Å². The van der Waals surface area contributed by atoms with E-state index >= 15 is 0 Å². The molecule has 0 aliphatic carbocycles. The number of aryl methyl sites for hydroxylation is 1. The predicted molar refractivity (Wildman–Crippen MR) is 66.9 cm³/mol. The van der Waals surface area contributed by atoms with Gasteiger partial charge in [-0.05, 0) is 38.0 Å². The van der Waals surface area contributed by atoms with E-state index in [-0.39, 0.29) is 6.29 Å². The number of rotatable bonds is 6. The Kier molecular flexibility index (Phi) is 5.81. The van der Waals surface area contributed by atoms with Crippen molar-refractivity contribution in [2.75, 3.05) is 13.2 Å². The molecular weight excluding hydrogens is 224 g/mol. The summed E-state index contributed by atoms with van der Waals surface area (Å²) in [4.78, 5) is 0. The highest BCUT2D eigenvalue weighted by Gasteiger charge is 2.09. The SMILES string of the molecule is CCOC(Cc1ccc(C)c(Cl)c1)OCC. The molecule has 0 aliphatic heterocycles. The summed E-state index contributed by atoms with van der Waals surface area (Å²) in [7, 11) is 0. The number of ether oxygens (including phenoxy) is 2. The second kappa shape index (κ2) is 6.89. The monoisotopic (exact) mass is 242 g/mol. The van der Waals surface area contributed by atoms with Crippen LogP contribution >= 0.6 is 11.6 Å². The average molecular weight is 243 g/mol. The van der Waals surface area contributed by atoms with Gasteiger partial charge in [0.2, 0.25) is 0 Å². The van der Waals surface area contributed by atoms with E-state index in [9.17, 15) is 0 Å². The van der Waals surface area contributed by atoms with Crippen molar-refractivity contribution in [1.29, 1.82) is 0 Å². The first-order valence-corrected chi connectivity index (χ1v) is 6.03. The summed E-state index contributed by atoms with van der Waals surface area (Å²) >= 11 is 6.07. The first-order valence-electron chi connectivity index (χ1n) is 5.65. The minimum absolute atomic E-state index is 0.172. The lowest BCUT2D eigenvalue weighted by Crippen LogP contribution is -2.20. The van der Waals surface area contributed by atoms with Crippen LogP contribution in [0.2, 0.25) is 5.02 Å². The van der Waals surface area contributed by atoms with E-state index in [1.165, 1.54) is 0 Å². The maximum Gasteiger partial charge on any atom is 0.161 e. The maximum absolute atomic E-state index is 6.07. The fourth-order valence-electron chi connectivity index (χ4n) is 1.49. The van der Waals surface area contributed by atoms with Gasteiger partial charge in [-0.2, -0.15) is 0 Å². The number of halogens is 1. The molecule has 0 heterocycles. The molecule has 0 bridgehead atoms. The molecule has 0 spiro atoms. The van der Waals surface area contributed by atoms with Crippen molar-refractivity contribution in [3.8, 4) is 0 Å². The van der Waals surface area contributed by atoms with Gasteiger partial charge >= 0.3 is 0 Å². The standard InChI is InChI=1S/C13H19ClO2/c1-4-15-13(16-5-2)9-11-7-6-10(3)12(14)8-11/h6-8,13H,4-5,9H2,1-3H3. The van der Waals surface area contributed by atoms with Crippen molar-refractivity contribution in [3.05, 3.63) is 34.3 Å². The fraction of sp³-hybridized carbons (Fsp3) is 0.538. The average Bonchev–Trinajstić information content (AvgIpc) is 2.24. The summed E-state index contributed by atoms with van der Waals surface area (Å²) in [5.41, 5.74) is 2.23. The topological polar surface area (TPSA) is 18.5 Å². The molecule has 1 aromatic rings. The van der Waals surface area contributed by atoms with E-state index in [0.29, 0.717) is 13.2 Å². The summed E-state index contributed by atoms with van der Waals surface area (Å²) in [5.74, 6) is 0. The third-order valence-corrected chi connectivity index (χ3v) is 2.75. The summed E-state index contributed by atoms with van der Waals surface area (Å²) in [5, 5.41) is 0.796. The van der Waals surface area contributed by atoms with Gasteiger partial charge < -0.3 is 9.47 Å². The minimum Gasteiger partial charge on any atom is -0.353 e. The Bertz CT molecular complexity index is 320. The number of hydrogen-bond donors (Lipinski definition) is 0. The summed E-state index contributed by atoms with van der Waals surface area (Å²) in [6.07, 6.45) is 0.565. The van der Waals surface area contributed by atoms with Crippen molar-refractivity contribution in [2.45, 2.75) is 33.5 Å². The quantitative estimate of drug-likeness (QED) is 0.710. The lowest BCUT2D eigenvalue weighted by molar-refractivity contribution is -0.134. The molecule has 0 aliphatic rings. The van der Waals surface area contributed by atoms with Gasteiger partial charge in [0.1, 0.15) is 0 Å². The molecule has 0 radical (unpaired) electrons. The van der Waals surface area contributed by atoms with Gasteiger partial charge in [0.15, 0.2) is 6.29 Å². The van der Waals surface area contributed by atoms with E-state index < -0.39 is 0 Å². The zero-order valence-electron chi connectivity index (χ0n) is 10.1. The molecule has 0 aromatic heterocycles. The van der Waals surface area contributed by atoms with Crippen LogP contribution in [0.25, 0.3) is 0 Å². The first-order chi connectivity index (χ1) is 7.67. The van der Waals surface area contributed by atoms with Crippen molar-refractivity contribution in [1.82, 2.24) is 0 Å². The lowest BCUT2D eigenvalue weighted by atomic mass is 10.1. The molecule has 0 saturated carbocycles. The van der Waals surface area contributed by atoms with Crippen molar-refractivity contribution in [2.24, 2.45) is 0 Å². The zero-order valence-corrected chi connectivity index (χ0v) is 10.9. The largest absolute Gasteiger partial charge is 0.353 e. The van der Waals surface area contributed by atoms with Crippen molar-refractivity contribution in [3.63, 3.8) is 0 Å². The van der Waals surface area contributed by atoms with Gasteiger partial charge in [-0.25, -0.2) is 0 Å². The molecular formula is C13H19ClO2. The molecule has 0 atom stereocenters. The maximum atomic E-state index is 6.07. The Labute approximate surface area is 103 Å². The Balaban J connectivity index is 2.65. The van der Waals surface area contributed by atoms with Crippen molar-refractivity contribution < 1.29 is 9.47 Å². The van der Waals surface area contributed by atoms with E-state index in [2.05, 4.69) is 6.07 Å². The van der Waals surface area contributed by atoms with Crippen LogP contribution in [0.3, 0.4) is 0 Å². The molecule has 3 heteroatoms. The van der Waals surface area contributed by atoms with Crippen LogP contribution in [-0.2, 0) is 15.9 Å². The normalized spacial score (nSPS) is 11.1. The highest BCUT2D eigenvalue weighted by atomic mass is 35.5. The lowest BCUT2D eigenvalue weighted by Gasteiger charge is -2.17. The highest BCUT2D eigenvalue weighted by molar-refractivity contribution is 6.31. The third-order valence-electron chi connectivity index (χ3n) is 2.34. The van der Waals surface area contributed by atoms with Crippen LogP contribution in [0.5, 0.6) is 0 Å². The molecule has 1 rings (SSSR count). The van der Waals surface area contributed by atoms with E-state index in [1.54, 1.807) is 0 Å². The van der Waals surface area contributed by atoms with Gasteiger partial charge in [-0.15, -0.1) is 0 Å². The third kappa shape index (κ3) is 4.12. The molecule has 0 unspecified atom stereocenters. The van der Waals surface area contributed by atoms with Gasteiger partial charge in [0.05, 0.1) is 0 Å². The number of benzene rings is 1. The van der Waals surface area contributed by atoms with Gasteiger partial charge in [-0.3, -0.25) is 0 Å². The van der Waals surface area contributed by atoms with Crippen LogP contribution in [0.1, 0.15) is 25.0 Å². The molecule has 0 fully saturated rings. The molecule has 16 heavy (non-hydrogen) atoms. The van der Waals surface area contributed by atoms with Crippen LogP contribution in [0, 0.1) is 6.92 Å². The van der Waals surface area contributed by atoms with E-state index in [4.69, 9.17) is 21.1 Å². The molecule has 0 N–H and O–H groups in total. The van der Waals surface area contributed by atoms with Crippen LogP contribution in [0.4, 0.5) is 0 Å².